The molecule has 0 spiro atoms. The van der Waals surface area contributed by atoms with Gasteiger partial charge in [0, 0.05) is 30.0 Å². The second-order valence-electron chi connectivity index (χ2n) is 6.44. The van der Waals surface area contributed by atoms with E-state index in [1.807, 2.05) is 32.9 Å². The molecule has 0 aliphatic rings. The minimum absolute atomic E-state index is 0.0165. The molecule has 0 saturated heterocycles. The molecule has 0 atom stereocenters. The maximum atomic E-state index is 12.3. The minimum Gasteiger partial charge on any atom is -0.326 e. The van der Waals surface area contributed by atoms with Crippen molar-refractivity contribution in [2.45, 2.75) is 53.0 Å². The first-order valence-corrected chi connectivity index (χ1v) is 8.66. The predicted molar refractivity (Wildman–Crippen MR) is 99.9 cm³/mol. The molecule has 0 aliphatic heterocycles. The molecule has 2 N–H and O–H groups in total. The summed E-state index contributed by atoms with van der Waals surface area (Å²) in [4.78, 5) is 24.1. The van der Waals surface area contributed by atoms with Gasteiger partial charge in [0.05, 0.1) is 11.8 Å². The molecule has 0 unspecified atom stereocenters. The van der Waals surface area contributed by atoms with Crippen LogP contribution < -0.4 is 10.6 Å². The van der Waals surface area contributed by atoms with Gasteiger partial charge < -0.3 is 10.6 Å². The van der Waals surface area contributed by atoms with Gasteiger partial charge >= 0.3 is 0 Å². The fourth-order valence-corrected chi connectivity index (χ4v) is 2.37. The maximum Gasteiger partial charge on any atom is 0.258 e. The molecule has 0 aliphatic carbocycles. The number of aryl methyl sites for hydroxylation is 1. The van der Waals surface area contributed by atoms with E-state index in [9.17, 15) is 9.59 Å². The van der Waals surface area contributed by atoms with E-state index in [4.69, 9.17) is 0 Å². The lowest BCUT2D eigenvalue weighted by Crippen LogP contribution is -2.13. The topological polar surface area (TPSA) is 76.0 Å². The first-order valence-electron chi connectivity index (χ1n) is 8.66. The van der Waals surface area contributed by atoms with E-state index in [1.54, 1.807) is 23.1 Å². The van der Waals surface area contributed by atoms with Gasteiger partial charge in [0.15, 0.2) is 0 Å². The molecule has 0 bridgehead atoms. The maximum absolute atomic E-state index is 12.3. The van der Waals surface area contributed by atoms with Gasteiger partial charge in [-0.05, 0) is 51.0 Å². The third-order valence-electron chi connectivity index (χ3n) is 3.91. The number of rotatable bonds is 7. The lowest BCUT2D eigenvalue weighted by molar-refractivity contribution is -0.116. The molecule has 2 aromatic rings. The van der Waals surface area contributed by atoms with Crippen molar-refractivity contribution in [1.82, 2.24) is 9.78 Å². The summed E-state index contributed by atoms with van der Waals surface area (Å²) in [5.41, 5.74) is 2.88. The van der Waals surface area contributed by atoms with Crippen LogP contribution in [0.5, 0.6) is 0 Å². The molecule has 0 fully saturated rings. The first-order chi connectivity index (χ1) is 11.9. The minimum atomic E-state index is -0.203. The first kappa shape index (κ1) is 18.7. The predicted octanol–water partition coefficient (Wildman–Crippen LogP) is 4.15. The van der Waals surface area contributed by atoms with Crippen molar-refractivity contribution < 1.29 is 9.59 Å². The van der Waals surface area contributed by atoms with Crippen LogP contribution in [-0.2, 0) is 4.79 Å². The standard InChI is InChI=1S/C19H26N4O2/c1-5-6-7-18(24)22-17-9-8-16(10-14(17)4)21-19(25)15-11-20-23(12-15)13(2)3/h8-13H,5-7H2,1-4H3,(H,21,25)(H,22,24). The smallest absolute Gasteiger partial charge is 0.258 e. The second-order valence-corrected chi connectivity index (χ2v) is 6.44. The van der Waals surface area contributed by atoms with E-state index in [-0.39, 0.29) is 17.9 Å². The lowest BCUT2D eigenvalue weighted by atomic mass is 10.1. The molecule has 0 saturated carbocycles. The van der Waals surface area contributed by atoms with Gasteiger partial charge in [0.2, 0.25) is 5.91 Å². The Morgan fingerprint density at radius 1 is 1.24 bits per heavy atom. The molecule has 1 aromatic carbocycles. The summed E-state index contributed by atoms with van der Waals surface area (Å²) >= 11 is 0. The number of unbranched alkanes of at least 4 members (excludes halogenated alkanes) is 1. The van der Waals surface area contributed by atoms with Crippen LogP contribution in [0.1, 0.15) is 62.0 Å². The number of nitrogens with zero attached hydrogens (tertiary/aromatic N) is 2. The zero-order valence-electron chi connectivity index (χ0n) is 15.3. The number of carbonyl (C=O) groups is 2. The van der Waals surface area contributed by atoms with Crippen molar-refractivity contribution in [2.75, 3.05) is 10.6 Å². The van der Waals surface area contributed by atoms with Crippen LogP contribution in [0.15, 0.2) is 30.6 Å². The van der Waals surface area contributed by atoms with E-state index >= 15 is 0 Å². The van der Waals surface area contributed by atoms with Crippen molar-refractivity contribution in [3.63, 3.8) is 0 Å². The van der Waals surface area contributed by atoms with Crippen LogP contribution in [-0.4, -0.2) is 21.6 Å². The average Bonchev–Trinajstić information content (AvgIpc) is 3.06. The zero-order valence-corrected chi connectivity index (χ0v) is 15.3. The molecule has 1 heterocycles. The summed E-state index contributed by atoms with van der Waals surface area (Å²) < 4.78 is 1.75. The van der Waals surface area contributed by atoms with Crippen molar-refractivity contribution >= 4 is 23.2 Å². The lowest BCUT2D eigenvalue weighted by Gasteiger charge is -2.11. The Hall–Kier alpha value is -2.63. The van der Waals surface area contributed by atoms with Crippen LogP contribution in [0.4, 0.5) is 11.4 Å². The number of amides is 2. The molecule has 1 aromatic heterocycles. The van der Waals surface area contributed by atoms with Gasteiger partial charge in [-0.3, -0.25) is 14.3 Å². The monoisotopic (exact) mass is 342 g/mol. The van der Waals surface area contributed by atoms with Gasteiger partial charge in [0.25, 0.3) is 5.91 Å². The number of hydrogen-bond donors (Lipinski definition) is 2. The van der Waals surface area contributed by atoms with Gasteiger partial charge in [-0.1, -0.05) is 13.3 Å². The van der Waals surface area contributed by atoms with E-state index in [1.165, 1.54) is 0 Å². The fourth-order valence-electron chi connectivity index (χ4n) is 2.37. The Bertz CT molecular complexity index is 750. The molecule has 25 heavy (non-hydrogen) atoms. The van der Waals surface area contributed by atoms with Crippen LogP contribution in [0.2, 0.25) is 0 Å². The van der Waals surface area contributed by atoms with Crippen molar-refractivity contribution in [2.24, 2.45) is 0 Å². The van der Waals surface area contributed by atoms with E-state index in [0.717, 1.165) is 24.1 Å². The third kappa shape index (κ3) is 5.17. The third-order valence-corrected chi connectivity index (χ3v) is 3.91. The average molecular weight is 342 g/mol. The Kier molecular flexibility index (Phi) is 6.33. The molecular weight excluding hydrogens is 316 g/mol. The zero-order chi connectivity index (χ0) is 18.4. The molecule has 2 rings (SSSR count). The highest BCUT2D eigenvalue weighted by molar-refractivity contribution is 6.04. The van der Waals surface area contributed by atoms with Crippen LogP contribution in [0, 0.1) is 6.92 Å². The second kappa shape index (κ2) is 8.46. The summed E-state index contributed by atoms with van der Waals surface area (Å²) in [6.07, 6.45) is 5.68. The Morgan fingerprint density at radius 3 is 2.60 bits per heavy atom. The van der Waals surface area contributed by atoms with Gasteiger partial charge in [-0.25, -0.2) is 0 Å². The SMILES string of the molecule is CCCCC(=O)Nc1ccc(NC(=O)c2cnn(C(C)C)c2)cc1C. The van der Waals surface area contributed by atoms with Crippen LogP contribution in [0.25, 0.3) is 0 Å². The van der Waals surface area contributed by atoms with Gasteiger partial charge in [-0.2, -0.15) is 5.10 Å². The van der Waals surface area contributed by atoms with E-state index < -0.39 is 0 Å². The Labute approximate surface area is 148 Å². The highest BCUT2D eigenvalue weighted by atomic mass is 16.2. The number of hydrogen-bond acceptors (Lipinski definition) is 3. The molecule has 6 heteroatoms. The number of aromatic nitrogens is 2. The summed E-state index contributed by atoms with van der Waals surface area (Å²) in [6, 6.07) is 5.65. The van der Waals surface area contributed by atoms with Crippen molar-refractivity contribution in [3.05, 3.63) is 41.7 Å². The van der Waals surface area contributed by atoms with Crippen LogP contribution in [0.3, 0.4) is 0 Å². The number of anilines is 2. The molecular formula is C19H26N4O2. The van der Waals surface area contributed by atoms with Gasteiger partial charge in [-0.15, -0.1) is 0 Å². The Morgan fingerprint density at radius 2 is 2.00 bits per heavy atom. The van der Waals surface area contributed by atoms with E-state index in [2.05, 4.69) is 22.7 Å². The quantitative estimate of drug-likeness (QED) is 0.793. The van der Waals surface area contributed by atoms with Crippen molar-refractivity contribution in [3.8, 4) is 0 Å². The number of nitrogens with one attached hydrogen (secondary N) is 2. The summed E-state index contributed by atoms with van der Waals surface area (Å²) in [6.45, 7) is 7.97. The molecule has 134 valence electrons. The number of benzene rings is 1. The highest BCUT2D eigenvalue weighted by Gasteiger charge is 2.11. The summed E-state index contributed by atoms with van der Waals surface area (Å²) in [5.74, 6) is -0.186. The molecule has 2 amide bonds. The summed E-state index contributed by atoms with van der Waals surface area (Å²) in [7, 11) is 0. The van der Waals surface area contributed by atoms with Crippen LogP contribution >= 0.6 is 0 Å². The van der Waals surface area contributed by atoms with Gasteiger partial charge in [0.1, 0.15) is 0 Å². The number of carbonyl (C=O) groups excluding carboxylic acids is 2. The Balaban J connectivity index is 2.01. The summed E-state index contributed by atoms with van der Waals surface area (Å²) in [5, 5.41) is 9.94. The molecule has 0 radical (unpaired) electrons. The largest absolute Gasteiger partial charge is 0.326 e. The highest BCUT2D eigenvalue weighted by Crippen LogP contribution is 2.21. The van der Waals surface area contributed by atoms with E-state index in [0.29, 0.717) is 17.7 Å². The normalized spacial score (nSPS) is 10.8. The van der Waals surface area contributed by atoms with Crippen molar-refractivity contribution in [1.29, 1.82) is 0 Å². The fraction of sp³-hybridized carbons (Fsp3) is 0.421. The molecule has 6 nitrogen and oxygen atoms in total.